The number of rotatable bonds is 4. The van der Waals surface area contributed by atoms with Gasteiger partial charge in [-0.25, -0.2) is 0 Å². The van der Waals surface area contributed by atoms with Gasteiger partial charge in [-0.05, 0) is 37.9 Å². The van der Waals surface area contributed by atoms with Gasteiger partial charge in [0.05, 0.1) is 4.92 Å². The number of nitro benzene ring substituents is 1. The smallest absolute Gasteiger partial charge is 0.293 e. The summed E-state index contributed by atoms with van der Waals surface area (Å²) in [4.78, 5) is 27.2. The third kappa shape index (κ3) is 2.97. The number of para-hydroxylation sites is 1. The fraction of sp³-hybridized carbons (Fsp3) is 0.562. The van der Waals surface area contributed by atoms with E-state index in [0.29, 0.717) is 25.1 Å². The summed E-state index contributed by atoms with van der Waals surface area (Å²) in [5.74, 6) is -0.00127. The number of likely N-dealkylation sites (tertiary alicyclic amines) is 1. The second kappa shape index (κ2) is 6.44. The Morgan fingerprint density at radius 1 is 1.18 bits per heavy atom. The first-order valence-electron chi connectivity index (χ1n) is 7.96. The number of nitrogens with zero attached hydrogens (tertiary/aromatic N) is 3. The molecular weight excluding hydrogens is 282 g/mol. The molecule has 0 N–H and O–H groups in total. The van der Waals surface area contributed by atoms with Gasteiger partial charge < -0.3 is 9.80 Å². The van der Waals surface area contributed by atoms with Crippen molar-refractivity contribution >= 4 is 17.3 Å². The van der Waals surface area contributed by atoms with Crippen molar-refractivity contribution in [3.63, 3.8) is 0 Å². The number of hydrogen-bond acceptors (Lipinski definition) is 4. The van der Waals surface area contributed by atoms with Crippen LogP contribution in [0.1, 0.15) is 31.2 Å². The van der Waals surface area contributed by atoms with Crippen molar-refractivity contribution in [3.05, 3.63) is 33.9 Å². The van der Waals surface area contributed by atoms with E-state index in [2.05, 4.69) is 4.90 Å². The molecule has 2 aliphatic heterocycles. The lowest BCUT2D eigenvalue weighted by Gasteiger charge is -2.27. The average molecular weight is 303 g/mol. The third-order valence-electron chi connectivity index (χ3n) is 4.56. The Bertz CT molecular complexity index is 582. The summed E-state index contributed by atoms with van der Waals surface area (Å²) in [7, 11) is 0. The molecule has 0 bridgehead atoms. The van der Waals surface area contributed by atoms with Crippen LogP contribution in [-0.4, -0.2) is 41.9 Å². The summed E-state index contributed by atoms with van der Waals surface area (Å²) < 4.78 is 0. The third-order valence-corrected chi connectivity index (χ3v) is 4.56. The Morgan fingerprint density at radius 2 is 1.95 bits per heavy atom. The maximum Gasteiger partial charge on any atom is 0.293 e. The molecule has 3 rings (SSSR count). The van der Waals surface area contributed by atoms with Crippen LogP contribution in [0.25, 0.3) is 0 Å². The number of hydrogen-bond donors (Lipinski definition) is 0. The maximum atomic E-state index is 12.5. The van der Waals surface area contributed by atoms with E-state index in [9.17, 15) is 14.9 Å². The van der Waals surface area contributed by atoms with Gasteiger partial charge in [0.2, 0.25) is 5.91 Å². The van der Waals surface area contributed by atoms with Crippen LogP contribution in [0.3, 0.4) is 0 Å². The van der Waals surface area contributed by atoms with Gasteiger partial charge in [-0.2, -0.15) is 0 Å². The van der Waals surface area contributed by atoms with Crippen LogP contribution in [0.15, 0.2) is 18.2 Å². The first-order valence-corrected chi connectivity index (χ1v) is 7.96. The van der Waals surface area contributed by atoms with E-state index >= 15 is 0 Å². The molecule has 0 unspecified atom stereocenters. The van der Waals surface area contributed by atoms with Gasteiger partial charge in [0.1, 0.15) is 5.69 Å². The molecule has 1 fully saturated rings. The number of carbonyl (C=O) groups is 1. The number of benzene rings is 1. The summed E-state index contributed by atoms with van der Waals surface area (Å²) in [6.07, 6.45) is 4.81. The Labute approximate surface area is 129 Å². The van der Waals surface area contributed by atoms with Crippen molar-refractivity contribution in [2.45, 2.75) is 32.1 Å². The summed E-state index contributed by atoms with van der Waals surface area (Å²) in [6.45, 7) is 3.43. The maximum absolute atomic E-state index is 12.5. The van der Waals surface area contributed by atoms with Crippen LogP contribution in [0, 0.1) is 10.1 Å². The quantitative estimate of drug-likeness (QED) is 0.632. The number of carbonyl (C=O) groups excluding carboxylic acids is 1. The lowest BCUT2D eigenvalue weighted by Crippen LogP contribution is -2.36. The molecule has 22 heavy (non-hydrogen) atoms. The minimum absolute atomic E-state index is 0.00127. The minimum atomic E-state index is -0.394. The zero-order chi connectivity index (χ0) is 15.5. The lowest BCUT2D eigenvalue weighted by atomic mass is 10.1. The predicted molar refractivity (Wildman–Crippen MR) is 84.1 cm³/mol. The largest absolute Gasteiger partial charge is 0.306 e. The topological polar surface area (TPSA) is 66.7 Å². The average Bonchev–Trinajstić information content (AvgIpc) is 2.97. The van der Waals surface area contributed by atoms with Crippen LogP contribution < -0.4 is 4.90 Å². The molecule has 1 aromatic rings. The highest BCUT2D eigenvalue weighted by molar-refractivity contribution is 5.98. The van der Waals surface area contributed by atoms with Crippen LogP contribution >= 0.6 is 0 Å². The monoisotopic (exact) mass is 303 g/mol. The highest BCUT2D eigenvalue weighted by Crippen LogP contribution is 2.37. The molecule has 0 radical (unpaired) electrons. The van der Waals surface area contributed by atoms with Gasteiger partial charge >= 0.3 is 0 Å². The van der Waals surface area contributed by atoms with E-state index in [4.69, 9.17) is 0 Å². The summed E-state index contributed by atoms with van der Waals surface area (Å²) >= 11 is 0. The summed E-state index contributed by atoms with van der Waals surface area (Å²) in [5.41, 5.74) is 1.46. The number of nitro groups is 1. The highest BCUT2D eigenvalue weighted by atomic mass is 16.6. The fourth-order valence-electron chi connectivity index (χ4n) is 3.40. The predicted octanol–water partition coefficient (Wildman–Crippen LogP) is 2.36. The SMILES string of the molecule is O=C(CCN1CCCCC1)N1CCc2cccc([N+](=O)[O-])c21. The Kier molecular flexibility index (Phi) is 4.38. The molecule has 0 aromatic heterocycles. The van der Waals surface area contributed by atoms with Gasteiger partial charge in [0, 0.05) is 25.6 Å². The van der Waals surface area contributed by atoms with E-state index < -0.39 is 4.92 Å². The molecule has 0 saturated carbocycles. The molecule has 1 aromatic carbocycles. The first-order chi connectivity index (χ1) is 10.7. The summed E-state index contributed by atoms with van der Waals surface area (Å²) in [5, 5.41) is 11.2. The van der Waals surface area contributed by atoms with Gasteiger partial charge in [-0.1, -0.05) is 18.6 Å². The highest BCUT2D eigenvalue weighted by Gasteiger charge is 2.31. The van der Waals surface area contributed by atoms with E-state index in [1.165, 1.54) is 25.3 Å². The van der Waals surface area contributed by atoms with Crippen LogP contribution in [0.4, 0.5) is 11.4 Å². The van der Waals surface area contributed by atoms with E-state index in [1.807, 2.05) is 6.07 Å². The zero-order valence-electron chi connectivity index (χ0n) is 12.7. The molecule has 6 nitrogen and oxygen atoms in total. The van der Waals surface area contributed by atoms with Gasteiger partial charge in [-0.3, -0.25) is 14.9 Å². The van der Waals surface area contributed by atoms with Crippen LogP contribution in [0.5, 0.6) is 0 Å². The van der Waals surface area contributed by atoms with Crippen molar-refractivity contribution in [1.29, 1.82) is 0 Å². The molecule has 0 spiro atoms. The molecule has 0 aliphatic carbocycles. The second-order valence-corrected chi connectivity index (χ2v) is 5.99. The van der Waals surface area contributed by atoms with Crippen molar-refractivity contribution in [3.8, 4) is 0 Å². The van der Waals surface area contributed by atoms with Gasteiger partial charge in [0.25, 0.3) is 5.69 Å². The van der Waals surface area contributed by atoms with Crippen LogP contribution in [0.2, 0.25) is 0 Å². The first kappa shape index (κ1) is 15.0. The Hall–Kier alpha value is -1.95. The van der Waals surface area contributed by atoms with Gasteiger partial charge in [0.15, 0.2) is 0 Å². The van der Waals surface area contributed by atoms with E-state index in [-0.39, 0.29) is 11.6 Å². The number of piperidine rings is 1. The second-order valence-electron chi connectivity index (χ2n) is 5.99. The normalized spacial score (nSPS) is 18.3. The minimum Gasteiger partial charge on any atom is -0.306 e. The van der Waals surface area contributed by atoms with Crippen LogP contribution in [-0.2, 0) is 11.2 Å². The summed E-state index contributed by atoms with van der Waals surface area (Å²) in [6, 6.07) is 5.05. The van der Waals surface area contributed by atoms with E-state index in [1.54, 1.807) is 11.0 Å². The molecule has 1 saturated heterocycles. The van der Waals surface area contributed by atoms with Crippen molar-refractivity contribution < 1.29 is 9.72 Å². The molecule has 0 atom stereocenters. The Balaban J connectivity index is 1.69. The van der Waals surface area contributed by atoms with Crippen molar-refractivity contribution in [2.75, 3.05) is 31.1 Å². The molecule has 6 heteroatoms. The van der Waals surface area contributed by atoms with E-state index in [0.717, 1.165) is 25.2 Å². The molecular formula is C16H21N3O3. The standard InChI is InChI=1S/C16H21N3O3/c20-15(8-11-17-9-2-1-3-10-17)18-12-7-13-5-4-6-14(16(13)18)19(21)22/h4-6H,1-3,7-12H2. The fourth-order valence-corrected chi connectivity index (χ4v) is 3.40. The van der Waals surface area contributed by atoms with Gasteiger partial charge in [-0.15, -0.1) is 0 Å². The number of amides is 1. The number of fused-ring (bicyclic) bond motifs is 1. The van der Waals surface area contributed by atoms with Crippen molar-refractivity contribution in [2.24, 2.45) is 0 Å². The lowest BCUT2D eigenvalue weighted by molar-refractivity contribution is -0.384. The molecule has 2 heterocycles. The number of anilines is 1. The van der Waals surface area contributed by atoms with Crippen molar-refractivity contribution in [1.82, 2.24) is 4.90 Å². The zero-order valence-corrected chi connectivity index (χ0v) is 12.7. The molecule has 2 aliphatic rings. The Morgan fingerprint density at radius 3 is 2.68 bits per heavy atom. The molecule has 118 valence electrons. The molecule has 1 amide bonds.